The first-order valence-corrected chi connectivity index (χ1v) is 16.3. The van der Waals surface area contributed by atoms with E-state index in [0.29, 0.717) is 11.8 Å². The summed E-state index contributed by atoms with van der Waals surface area (Å²) >= 11 is 0. The molecule has 7 rings (SSSR count). The van der Waals surface area contributed by atoms with Crippen LogP contribution in [0.5, 0.6) is 0 Å². The molecule has 0 atom stereocenters. The third-order valence-corrected chi connectivity index (χ3v) is 8.33. The Labute approximate surface area is 250 Å². The first-order valence-electron chi connectivity index (χ1n) is 14.7. The maximum absolute atomic E-state index is 6.14. The van der Waals surface area contributed by atoms with Crippen molar-refractivity contribution in [3.8, 4) is 0 Å². The molecule has 7 aromatic rings. The van der Waals surface area contributed by atoms with Crippen molar-refractivity contribution in [2.45, 2.75) is 39.5 Å². The third-order valence-electron chi connectivity index (χ3n) is 7.42. The molecule has 42 heavy (non-hydrogen) atoms. The summed E-state index contributed by atoms with van der Waals surface area (Å²) in [6.45, 7) is 10.8. The van der Waals surface area contributed by atoms with Crippen molar-refractivity contribution in [3.63, 3.8) is 0 Å². The van der Waals surface area contributed by atoms with Gasteiger partial charge in [-0.1, -0.05) is 149 Å². The fourth-order valence-corrected chi connectivity index (χ4v) is 6.04. The fraction of sp³-hybridized carbons (Fsp3) is 0.179. The molecule has 0 radical (unpaired) electrons. The molecule has 3 heteroatoms. The number of hydrogen-bond acceptors (Lipinski definition) is 2. The summed E-state index contributed by atoms with van der Waals surface area (Å²) < 4.78 is 12.3. The Morgan fingerprint density at radius 1 is 0.429 bits per heavy atom. The van der Waals surface area contributed by atoms with Crippen LogP contribution < -0.4 is 0 Å². The number of hydrogen-bond donors (Lipinski definition) is 0. The van der Waals surface area contributed by atoms with E-state index in [1.807, 2.05) is 18.8 Å². The van der Waals surface area contributed by atoms with E-state index in [-0.39, 0.29) is 0 Å². The van der Waals surface area contributed by atoms with Crippen LogP contribution in [0.25, 0.3) is 43.5 Å². The fourth-order valence-electron chi connectivity index (χ4n) is 5.14. The molecule has 1 heterocycles. The molecule has 0 unspecified atom stereocenters. The molecule has 0 bridgehead atoms. The van der Waals surface area contributed by atoms with Crippen LogP contribution in [0, 0.1) is 0 Å². The van der Waals surface area contributed by atoms with E-state index in [0.717, 1.165) is 21.9 Å². The van der Waals surface area contributed by atoms with Crippen LogP contribution in [-0.2, 0) is 6.66 Å². The van der Waals surface area contributed by atoms with Gasteiger partial charge in [-0.05, 0) is 56.6 Å². The van der Waals surface area contributed by atoms with E-state index in [2.05, 4.69) is 149 Å². The average molecular weight is 571 g/mol. The second-order valence-electron chi connectivity index (χ2n) is 11.1. The Bertz CT molecular complexity index is 1800. The molecule has 0 saturated carbocycles. The lowest BCUT2D eigenvalue weighted by molar-refractivity contribution is 0.644. The normalized spacial score (nSPS) is 10.9. The van der Waals surface area contributed by atoms with Crippen molar-refractivity contribution in [1.82, 2.24) is 0 Å². The Morgan fingerprint density at radius 3 is 1.14 bits per heavy atom. The van der Waals surface area contributed by atoms with Crippen LogP contribution >= 0.6 is 8.01 Å². The lowest BCUT2D eigenvalue weighted by Crippen LogP contribution is -1.83. The highest BCUT2D eigenvalue weighted by Crippen LogP contribution is 2.39. The summed E-state index contributed by atoms with van der Waals surface area (Å²) in [5.74, 6) is 1.32. The topological polar surface area (TPSA) is 26.3 Å². The quantitative estimate of drug-likeness (QED) is 0.207. The molecule has 0 aliphatic rings. The van der Waals surface area contributed by atoms with Crippen LogP contribution in [0.3, 0.4) is 0 Å². The van der Waals surface area contributed by atoms with Crippen molar-refractivity contribution in [3.05, 3.63) is 145 Å². The highest BCUT2D eigenvalue weighted by molar-refractivity contribution is 7.35. The maximum atomic E-state index is 6.14. The monoisotopic (exact) mass is 570 g/mol. The molecule has 0 saturated heterocycles. The smallest absolute Gasteiger partial charge is 0.213 e. The van der Waals surface area contributed by atoms with E-state index < -0.39 is 8.01 Å². The van der Waals surface area contributed by atoms with Crippen LogP contribution in [0.2, 0.25) is 0 Å². The second kappa shape index (κ2) is 13.6. The van der Waals surface area contributed by atoms with Gasteiger partial charge in [-0.3, -0.25) is 0 Å². The highest BCUT2D eigenvalue weighted by Gasteiger charge is 2.11. The molecule has 1 aromatic heterocycles. The Morgan fingerprint density at radius 2 is 0.786 bits per heavy atom. The van der Waals surface area contributed by atoms with Gasteiger partial charge in [0.25, 0.3) is 0 Å². The van der Waals surface area contributed by atoms with Gasteiger partial charge in [0.2, 0.25) is 8.01 Å². The van der Waals surface area contributed by atoms with Gasteiger partial charge in [0, 0.05) is 17.4 Å². The number of rotatable bonds is 2. The van der Waals surface area contributed by atoms with E-state index in [1.165, 1.54) is 32.7 Å². The zero-order chi connectivity index (χ0) is 29.5. The molecule has 212 valence electrons. The van der Waals surface area contributed by atoms with Gasteiger partial charge in [0.05, 0.1) is 0 Å². The minimum Gasteiger partial charge on any atom is -0.419 e. The highest BCUT2D eigenvalue weighted by atomic mass is 31.1. The predicted molar refractivity (Wildman–Crippen MR) is 183 cm³/mol. The summed E-state index contributed by atoms with van der Waals surface area (Å²) in [6, 6.07) is 46.3. The summed E-state index contributed by atoms with van der Waals surface area (Å²) in [6.07, 6.45) is 0. The summed E-state index contributed by atoms with van der Waals surface area (Å²) in [4.78, 5) is 0. The van der Waals surface area contributed by atoms with Crippen molar-refractivity contribution >= 4 is 51.5 Å². The molecular formula is C39H39O2P. The zero-order valence-electron chi connectivity index (χ0n) is 25.1. The molecular weight excluding hydrogens is 531 g/mol. The van der Waals surface area contributed by atoms with E-state index in [9.17, 15) is 0 Å². The molecule has 0 aliphatic carbocycles. The molecule has 0 amide bonds. The molecule has 0 N–H and O–H groups in total. The van der Waals surface area contributed by atoms with Gasteiger partial charge < -0.3 is 8.39 Å². The lowest BCUT2D eigenvalue weighted by Gasteiger charge is -2.05. The Hall–Kier alpha value is -4.26. The third kappa shape index (κ3) is 6.78. The lowest BCUT2D eigenvalue weighted by atomic mass is 9.99. The molecule has 6 aromatic carbocycles. The number of fused-ring (bicyclic) bond motifs is 7. The zero-order valence-corrected chi connectivity index (χ0v) is 26.0. The second-order valence-corrected chi connectivity index (χ2v) is 12.3. The van der Waals surface area contributed by atoms with Gasteiger partial charge in [-0.15, -0.1) is 0 Å². The van der Waals surface area contributed by atoms with E-state index in [1.54, 1.807) is 0 Å². The van der Waals surface area contributed by atoms with Crippen molar-refractivity contribution in [1.29, 1.82) is 0 Å². The van der Waals surface area contributed by atoms with Gasteiger partial charge >= 0.3 is 0 Å². The average Bonchev–Trinajstić information content (AvgIpc) is 3.18. The van der Waals surface area contributed by atoms with Crippen LogP contribution in [-0.4, -0.2) is 0 Å². The molecule has 0 aliphatic heterocycles. The van der Waals surface area contributed by atoms with Gasteiger partial charge in [0.15, 0.2) is 0 Å². The number of aryl methyl sites for hydroxylation is 1. The summed E-state index contributed by atoms with van der Waals surface area (Å²) in [7, 11) is -1.00. The SMILES string of the molecule is CC(C)c1ccccc1.CC(C)c1ccccc1.Cp1oc2ccc3ccccc3c2c2c(ccc3ccccc32)o1. The molecule has 0 fully saturated rings. The Balaban J connectivity index is 0.000000161. The minimum atomic E-state index is -1.00. The predicted octanol–water partition coefficient (Wildman–Crippen LogP) is 12.8. The Kier molecular flexibility index (Phi) is 9.47. The van der Waals surface area contributed by atoms with Gasteiger partial charge in [0.1, 0.15) is 11.2 Å². The molecule has 0 spiro atoms. The van der Waals surface area contributed by atoms with E-state index >= 15 is 0 Å². The van der Waals surface area contributed by atoms with E-state index in [4.69, 9.17) is 8.39 Å². The van der Waals surface area contributed by atoms with Crippen LogP contribution in [0.15, 0.2) is 142 Å². The van der Waals surface area contributed by atoms with Crippen molar-refractivity contribution in [2.24, 2.45) is 6.66 Å². The largest absolute Gasteiger partial charge is 0.419 e. The minimum absolute atomic E-state index is 0.659. The first-order chi connectivity index (χ1) is 20.4. The van der Waals surface area contributed by atoms with Crippen LogP contribution in [0.1, 0.15) is 50.7 Å². The maximum Gasteiger partial charge on any atom is 0.213 e. The number of benzene rings is 6. The van der Waals surface area contributed by atoms with Crippen molar-refractivity contribution < 1.29 is 8.39 Å². The summed E-state index contributed by atoms with van der Waals surface area (Å²) in [5, 5.41) is 7.07. The van der Waals surface area contributed by atoms with Crippen LogP contribution in [0.4, 0.5) is 0 Å². The van der Waals surface area contributed by atoms with Crippen molar-refractivity contribution in [2.75, 3.05) is 0 Å². The molecule has 2 nitrogen and oxygen atoms in total. The standard InChI is InChI=1S/C21H15O2P.2C9H12/c1-24-22-18-12-10-14-6-2-4-8-16(14)20(18)21-17-9-5-3-7-15(17)11-13-19(21)23-24;2*1-8(2)9-6-4-3-5-7-9/h2-13H,1H3;2*3-8H,1-2H3. The summed E-state index contributed by atoms with van der Waals surface area (Å²) in [5.41, 5.74) is 4.63. The van der Waals surface area contributed by atoms with Gasteiger partial charge in [-0.2, -0.15) is 0 Å². The van der Waals surface area contributed by atoms with Gasteiger partial charge in [-0.25, -0.2) is 0 Å². The first kappa shape index (κ1) is 29.2.